The molecule has 5 heteroatoms. The first-order chi connectivity index (χ1) is 8.72. The van der Waals surface area contributed by atoms with Crippen molar-refractivity contribution in [2.24, 2.45) is 0 Å². The number of hydrogen-bond acceptors (Lipinski definition) is 5. The molecule has 100 valence electrons. The minimum absolute atomic E-state index is 0.554. The monoisotopic (exact) mass is 250 g/mol. The summed E-state index contributed by atoms with van der Waals surface area (Å²) in [6.45, 7) is 3.54. The van der Waals surface area contributed by atoms with Crippen LogP contribution < -0.4 is 10.6 Å². The van der Waals surface area contributed by atoms with Crippen molar-refractivity contribution in [3.63, 3.8) is 0 Å². The van der Waals surface area contributed by atoms with Crippen molar-refractivity contribution in [2.45, 2.75) is 44.6 Å². The SMILES string of the molecule is CCCNc1nccc(NCC2(O)CCCC2)n1. The molecule has 1 aromatic rings. The van der Waals surface area contributed by atoms with Gasteiger partial charge in [0.15, 0.2) is 0 Å². The summed E-state index contributed by atoms with van der Waals surface area (Å²) in [5, 5.41) is 16.6. The summed E-state index contributed by atoms with van der Waals surface area (Å²) in [6.07, 6.45) is 6.77. The van der Waals surface area contributed by atoms with E-state index in [2.05, 4.69) is 27.5 Å². The molecule has 18 heavy (non-hydrogen) atoms. The van der Waals surface area contributed by atoms with Gasteiger partial charge in [-0.1, -0.05) is 19.8 Å². The lowest BCUT2D eigenvalue weighted by Gasteiger charge is -2.22. The van der Waals surface area contributed by atoms with Gasteiger partial charge in [0.25, 0.3) is 0 Å². The van der Waals surface area contributed by atoms with Crippen LogP contribution in [0.15, 0.2) is 12.3 Å². The minimum Gasteiger partial charge on any atom is -0.388 e. The third-order valence-corrected chi connectivity index (χ3v) is 3.32. The Hall–Kier alpha value is -1.36. The molecule has 3 N–H and O–H groups in total. The molecule has 0 aromatic carbocycles. The van der Waals surface area contributed by atoms with E-state index in [1.165, 1.54) is 0 Å². The summed E-state index contributed by atoms with van der Waals surface area (Å²) in [5.41, 5.74) is -0.554. The van der Waals surface area contributed by atoms with Gasteiger partial charge in [0.05, 0.1) is 5.60 Å². The number of hydrogen-bond donors (Lipinski definition) is 3. The average Bonchev–Trinajstić information content (AvgIpc) is 2.82. The number of rotatable bonds is 6. The maximum absolute atomic E-state index is 10.2. The van der Waals surface area contributed by atoms with Crippen molar-refractivity contribution < 1.29 is 5.11 Å². The highest BCUT2D eigenvalue weighted by atomic mass is 16.3. The Morgan fingerprint density at radius 2 is 2.11 bits per heavy atom. The second-order valence-corrected chi connectivity index (χ2v) is 4.98. The normalized spacial score (nSPS) is 17.7. The largest absolute Gasteiger partial charge is 0.388 e. The third-order valence-electron chi connectivity index (χ3n) is 3.32. The molecule has 0 spiro atoms. The fourth-order valence-electron chi connectivity index (χ4n) is 2.24. The summed E-state index contributed by atoms with van der Waals surface area (Å²) < 4.78 is 0. The van der Waals surface area contributed by atoms with E-state index >= 15 is 0 Å². The van der Waals surface area contributed by atoms with E-state index in [0.29, 0.717) is 12.5 Å². The van der Waals surface area contributed by atoms with Crippen LogP contribution in [0.1, 0.15) is 39.0 Å². The molecule has 1 aromatic heterocycles. The third kappa shape index (κ3) is 3.57. The first-order valence-corrected chi connectivity index (χ1v) is 6.75. The average molecular weight is 250 g/mol. The van der Waals surface area contributed by atoms with Gasteiger partial charge < -0.3 is 15.7 Å². The van der Waals surface area contributed by atoms with Gasteiger partial charge in [-0.25, -0.2) is 4.98 Å². The van der Waals surface area contributed by atoms with Crippen LogP contribution in [0.3, 0.4) is 0 Å². The highest BCUT2D eigenvalue weighted by Crippen LogP contribution is 2.29. The van der Waals surface area contributed by atoms with Gasteiger partial charge in [-0.05, 0) is 25.3 Å². The fraction of sp³-hybridized carbons (Fsp3) is 0.692. The summed E-state index contributed by atoms with van der Waals surface area (Å²) >= 11 is 0. The Labute approximate surface area is 108 Å². The van der Waals surface area contributed by atoms with E-state index in [4.69, 9.17) is 0 Å². The van der Waals surface area contributed by atoms with E-state index in [-0.39, 0.29) is 0 Å². The lowest BCUT2D eigenvalue weighted by molar-refractivity contribution is 0.0614. The van der Waals surface area contributed by atoms with E-state index in [1.54, 1.807) is 6.20 Å². The topological polar surface area (TPSA) is 70.1 Å². The predicted octanol–water partition coefficient (Wildman–Crippen LogP) is 2.02. The van der Waals surface area contributed by atoms with Crippen molar-refractivity contribution >= 4 is 11.8 Å². The van der Waals surface area contributed by atoms with Gasteiger partial charge in [-0.15, -0.1) is 0 Å². The number of nitrogens with zero attached hydrogens (tertiary/aromatic N) is 2. The Morgan fingerprint density at radius 3 is 2.83 bits per heavy atom. The van der Waals surface area contributed by atoms with Crippen LogP contribution in [0, 0.1) is 0 Å². The molecule has 0 bridgehead atoms. The number of anilines is 2. The molecule has 1 saturated carbocycles. The Balaban J connectivity index is 1.88. The van der Waals surface area contributed by atoms with Crippen molar-refractivity contribution in [1.29, 1.82) is 0 Å². The van der Waals surface area contributed by atoms with Gasteiger partial charge >= 0.3 is 0 Å². The molecule has 1 fully saturated rings. The first-order valence-electron chi connectivity index (χ1n) is 6.75. The minimum atomic E-state index is -0.554. The zero-order valence-corrected chi connectivity index (χ0v) is 10.9. The number of aliphatic hydroxyl groups is 1. The molecule has 1 aliphatic rings. The van der Waals surface area contributed by atoms with E-state index in [9.17, 15) is 5.11 Å². The molecule has 2 rings (SSSR count). The highest BCUT2D eigenvalue weighted by molar-refractivity contribution is 5.39. The van der Waals surface area contributed by atoms with E-state index in [0.717, 1.165) is 44.5 Å². The Bertz CT molecular complexity index is 377. The lowest BCUT2D eigenvalue weighted by atomic mass is 10.0. The highest BCUT2D eigenvalue weighted by Gasteiger charge is 2.30. The van der Waals surface area contributed by atoms with Crippen LogP contribution in [0.5, 0.6) is 0 Å². The molecular weight excluding hydrogens is 228 g/mol. The van der Waals surface area contributed by atoms with Crippen LogP contribution in [-0.4, -0.2) is 33.8 Å². The summed E-state index contributed by atoms with van der Waals surface area (Å²) in [7, 11) is 0. The molecule has 0 atom stereocenters. The van der Waals surface area contributed by atoms with Gasteiger partial charge in [-0.3, -0.25) is 0 Å². The van der Waals surface area contributed by atoms with Gasteiger partial charge in [0.2, 0.25) is 5.95 Å². The number of nitrogens with one attached hydrogen (secondary N) is 2. The summed E-state index contributed by atoms with van der Waals surface area (Å²) in [6, 6.07) is 1.83. The molecular formula is C13H22N4O. The van der Waals surface area contributed by atoms with Crippen LogP contribution in [0.2, 0.25) is 0 Å². The molecule has 0 saturated heterocycles. The predicted molar refractivity (Wildman–Crippen MR) is 72.7 cm³/mol. The lowest BCUT2D eigenvalue weighted by Crippen LogP contribution is -2.33. The Morgan fingerprint density at radius 1 is 1.33 bits per heavy atom. The maximum Gasteiger partial charge on any atom is 0.224 e. The standard InChI is InChI=1S/C13H22N4O/c1-2-8-14-12-15-9-5-11(17-12)16-10-13(18)6-3-4-7-13/h5,9,18H,2-4,6-8,10H2,1H3,(H2,14,15,16,17). The second kappa shape index (κ2) is 6.00. The van der Waals surface area contributed by atoms with Crippen LogP contribution in [-0.2, 0) is 0 Å². The van der Waals surface area contributed by atoms with Crippen molar-refractivity contribution in [2.75, 3.05) is 23.7 Å². The van der Waals surface area contributed by atoms with Gasteiger partial charge in [-0.2, -0.15) is 4.98 Å². The number of aromatic nitrogens is 2. The molecule has 5 nitrogen and oxygen atoms in total. The quantitative estimate of drug-likeness (QED) is 0.720. The summed E-state index contributed by atoms with van der Waals surface area (Å²) in [5.74, 6) is 1.41. The van der Waals surface area contributed by atoms with Crippen molar-refractivity contribution in [3.8, 4) is 0 Å². The van der Waals surface area contributed by atoms with Crippen LogP contribution >= 0.6 is 0 Å². The fourth-order valence-corrected chi connectivity index (χ4v) is 2.24. The zero-order valence-electron chi connectivity index (χ0n) is 10.9. The molecule has 0 aliphatic heterocycles. The van der Waals surface area contributed by atoms with Crippen molar-refractivity contribution in [1.82, 2.24) is 9.97 Å². The first kappa shape index (κ1) is 13.1. The second-order valence-electron chi connectivity index (χ2n) is 4.98. The van der Waals surface area contributed by atoms with Crippen LogP contribution in [0.4, 0.5) is 11.8 Å². The zero-order chi connectivity index (χ0) is 12.8. The van der Waals surface area contributed by atoms with Gasteiger partial charge in [0, 0.05) is 19.3 Å². The van der Waals surface area contributed by atoms with Crippen molar-refractivity contribution in [3.05, 3.63) is 12.3 Å². The van der Waals surface area contributed by atoms with E-state index in [1.807, 2.05) is 6.07 Å². The maximum atomic E-state index is 10.2. The molecule has 0 radical (unpaired) electrons. The Kier molecular flexibility index (Phi) is 4.36. The smallest absolute Gasteiger partial charge is 0.224 e. The summed E-state index contributed by atoms with van der Waals surface area (Å²) in [4.78, 5) is 8.51. The molecule has 1 aliphatic carbocycles. The van der Waals surface area contributed by atoms with Crippen LogP contribution in [0.25, 0.3) is 0 Å². The molecule has 0 amide bonds. The van der Waals surface area contributed by atoms with E-state index < -0.39 is 5.60 Å². The molecule has 1 heterocycles. The van der Waals surface area contributed by atoms with Gasteiger partial charge in [0.1, 0.15) is 5.82 Å². The molecule has 0 unspecified atom stereocenters.